The van der Waals surface area contributed by atoms with Crippen molar-refractivity contribution in [1.82, 2.24) is 0 Å². The highest BCUT2D eigenvalue weighted by molar-refractivity contribution is 5.56. The molecule has 1 heterocycles. The Kier molecular flexibility index (Phi) is 6.10. The molecule has 0 fully saturated rings. The first-order chi connectivity index (χ1) is 10.3. The smallest absolute Gasteiger partial charge is 0.0551 e. The van der Waals surface area contributed by atoms with Crippen LogP contribution in [0.3, 0.4) is 0 Å². The average molecular weight is 283 g/mol. The zero-order chi connectivity index (χ0) is 15.1. The van der Waals surface area contributed by atoms with Gasteiger partial charge in [-0.2, -0.15) is 0 Å². The molecule has 1 nitrogen and oxygen atoms in total. The summed E-state index contributed by atoms with van der Waals surface area (Å²) in [6.45, 7) is 6.87. The van der Waals surface area contributed by atoms with Crippen LogP contribution in [0.25, 0.3) is 0 Å². The van der Waals surface area contributed by atoms with Gasteiger partial charge in [0, 0.05) is 11.9 Å². The van der Waals surface area contributed by atoms with Gasteiger partial charge in [0.05, 0.1) is 6.04 Å². The van der Waals surface area contributed by atoms with Crippen LogP contribution >= 0.6 is 0 Å². The number of hydrogen-bond donors (Lipinski definition) is 0. The number of allylic oxidation sites excluding steroid dienone is 2. The molecule has 0 bridgehead atoms. The van der Waals surface area contributed by atoms with Gasteiger partial charge in [0.2, 0.25) is 0 Å². The first-order valence-corrected chi connectivity index (χ1v) is 8.55. The van der Waals surface area contributed by atoms with Gasteiger partial charge in [0.25, 0.3) is 0 Å². The summed E-state index contributed by atoms with van der Waals surface area (Å²) in [5.74, 6) is 0. The van der Waals surface area contributed by atoms with Crippen LogP contribution in [0.15, 0.2) is 53.8 Å². The molecule has 0 amide bonds. The fourth-order valence-electron chi connectivity index (χ4n) is 3.33. The van der Waals surface area contributed by atoms with E-state index in [1.807, 2.05) is 0 Å². The molecular formula is C20H29N. The molecule has 0 saturated carbocycles. The summed E-state index contributed by atoms with van der Waals surface area (Å²) in [6.07, 6.45) is 12.0. The molecule has 21 heavy (non-hydrogen) atoms. The minimum Gasteiger partial charge on any atom is -0.341 e. The SMILES string of the molecule is CCCC1=C(CCC)C(CCC)N(c2ccccc2)C=C1. The van der Waals surface area contributed by atoms with Crippen molar-refractivity contribution in [1.29, 1.82) is 0 Å². The molecule has 1 aliphatic rings. The van der Waals surface area contributed by atoms with Gasteiger partial charge in [-0.25, -0.2) is 0 Å². The van der Waals surface area contributed by atoms with Gasteiger partial charge in [0.1, 0.15) is 0 Å². The number of hydrogen-bond acceptors (Lipinski definition) is 1. The molecule has 1 heteroatoms. The van der Waals surface area contributed by atoms with Crippen LogP contribution < -0.4 is 4.90 Å². The summed E-state index contributed by atoms with van der Waals surface area (Å²) >= 11 is 0. The largest absolute Gasteiger partial charge is 0.341 e. The van der Waals surface area contributed by atoms with Crippen molar-refractivity contribution in [2.24, 2.45) is 0 Å². The molecule has 0 saturated heterocycles. The van der Waals surface area contributed by atoms with Gasteiger partial charge in [-0.3, -0.25) is 0 Å². The van der Waals surface area contributed by atoms with Crippen molar-refractivity contribution in [3.8, 4) is 0 Å². The second-order valence-electron chi connectivity index (χ2n) is 5.91. The molecule has 1 aromatic carbocycles. The minimum absolute atomic E-state index is 0.545. The van der Waals surface area contributed by atoms with E-state index in [0.29, 0.717) is 6.04 Å². The fraction of sp³-hybridized carbons (Fsp3) is 0.500. The second kappa shape index (κ2) is 8.07. The van der Waals surface area contributed by atoms with Crippen molar-refractivity contribution in [3.05, 3.63) is 53.8 Å². The molecule has 0 aromatic heterocycles. The Bertz CT molecular complexity index is 484. The van der Waals surface area contributed by atoms with Crippen molar-refractivity contribution in [2.45, 2.75) is 65.3 Å². The lowest BCUT2D eigenvalue weighted by Gasteiger charge is -2.37. The maximum atomic E-state index is 2.48. The van der Waals surface area contributed by atoms with Crippen LogP contribution in [-0.2, 0) is 0 Å². The Morgan fingerprint density at radius 1 is 0.905 bits per heavy atom. The van der Waals surface area contributed by atoms with Gasteiger partial charge in [-0.1, -0.05) is 58.2 Å². The highest BCUT2D eigenvalue weighted by Gasteiger charge is 2.25. The Hall–Kier alpha value is -1.50. The Balaban J connectivity index is 2.35. The predicted octanol–water partition coefficient (Wildman–Crippen LogP) is 6.09. The third-order valence-corrected chi connectivity index (χ3v) is 4.24. The number of rotatable bonds is 7. The average Bonchev–Trinajstić information content (AvgIpc) is 2.52. The zero-order valence-corrected chi connectivity index (χ0v) is 13.8. The summed E-state index contributed by atoms with van der Waals surface area (Å²) in [4.78, 5) is 2.48. The monoisotopic (exact) mass is 283 g/mol. The molecule has 0 N–H and O–H groups in total. The molecule has 1 aliphatic heterocycles. The number of benzene rings is 1. The minimum atomic E-state index is 0.545. The molecular weight excluding hydrogens is 254 g/mol. The van der Waals surface area contributed by atoms with Gasteiger partial charge < -0.3 is 4.90 Å². The van der Waals surface area contributed by atoms with Crippen LogP contribution in [0.2, 0.25) is 0 Å². The number of para-hydroxylation sites is 1. The Labute approximate surface area is 130 Å². The van der Waals surface area contributed by atoms with Crippen molar-refractivity contribution >= 4 is 5.69 Å². The van der Waals surface area contributed by atoms with E-state index in [1.54, 1.807) is 11.1 Å². The van der Waals surface area contributed by atoms with Crippen LogP contribution in [0, 0.1) is 0 Å². The van der Waals surface area contributed by atoms with E-state index >= 15 is 0 Å². The van der Waals surface area contributed by atoms with Crippen LogP contribution in [-0.4, -0.2) is 6.04 Å². The first kappa shape index (κ1) is 15.9. The molecule has 1 unspecified atom stereocenters. The lowest BCUT2D eigenvalue weighted by atomic mass is 9.87. The Morgan fingerprint density at radius 2 is 1.62 bits per heavy atom. The summed E-state index contributed by atoms with van der Waals surface area (Å²) in [6, 6.07) is 11.4. The Morgan fingerprint density at radius 3 is 2.24 bits per heavy atom. The standard InChI is InChI=1S/C20H29N/c1-4-10-17-15-16-21(18-13-8-7-9-14-18)20(12-6-3)19(17)11-5-2/h7-9,13-16,20H,4-6,10-12H2,1-3H3. The van der Waals surface area contributed by atoms with E-state index in [1.165, 1.54) is 44.2 Å². The van der Waals surface area contributed by atoms with Gasteiger partial charge in [-0.05, 0) is 48.6 Å². The zero-order valence-electron chi connectivity index (χ0n) is 13.8. The maximum Gasteiger partial charge on any atom is 0.0551 e. The highest BCUT2D eigenvalue weighted by Crippen LogP contribution is 2.33. The normalized spacial score (nSPS) is 18.4. The molecule has 2 rings (SSSR count). The molecule has 0 radical (unpaired) electrons. The van der Waals surface area contributed by atoms with Gasteiger partial charge in [0.15, 0.2) is 0 Å². The molecule has 0 aliphatic carbocycles. The first-order valence-electron chi connectivity index (χ1n) is 8.55. The third-order valence-electron chi connectivity index (χ3n) is 4.24. The number of nitrogens with zero attached hydrogens (tertiary/aromatic N) is 1. The molecule has 0 spiro atoms. The summed E-state index contributed by atoms with van der Waals surface area (Å²) < 4.78 is 0. The van der Waals surface area contributed by atoms with E-state index in [0.717, 1.165) is 0 Å². The van der Waals surface area contributed by atoms with E-state index in [-0.39, 0.29) is 0 Å². The summed E-state index contributed by atoms with van der Waals surface area (Å²) in [5, 5.41) is 0. The highest BCUT2D eigenvalue weighted by atomic mass is 15.1. The van der Waals surface area contributed by atoms with Crippen molar-refractivity contribution in [2.75, 3.05) is 4.90 Å². The molecule has 1 aromatic rings. The third kappa shape index (κ3) is 3.78. The maximum absolute atomic E-state index is 2.48. The van der Waals surface area contributed by atoms with Crippen LogP contribution in [0.1, 0.15) is 59.3 Å². The lowest BCUT2D eigenvalue weighted by molar-refractivity contribution is 0.608. The molecule has 1 atom stereocenters. The molecule has 114 valence electrons. The fourth-order valence-corrected chi connectivity index (χ4v) is 3.33. The summed E-state index contributed by atoms with van der Waals surface area (Å²) in [5.41, 5.74) is 4.58. The predicted molar refractivity (Wildman–Crippen MR) is 93.6 cm³/mol. The van der Waals surface area contributed by atoms with E-state index < -0.39 is 0 Å². The van der Waals surface area contributed by atoms with Crippen molar-refractivity contribution < 1.29 is 0 Å². The second-order valence-corrected chi connectivity index (χ2v) is 5.91. The van der Waals surface area contributed by atoms with E-state index in [9.17, 15) is 0 Å². The number of anilines is 1. The van der Waals surface area contributed by atoms with E-state index in [2.05, 4.69) is 68.3 Å². The summed E-state index contributed by atoms with van der Waals surface area (Å²) in [7, 11) is 0. The van der Waals surface area contributed by atoms with Gasteiger partial charge in [-0.15, -0.1) is 0 Å². The van der Waals surface area contributed by atoms with Crippen LogP contribution in [0.4, 0.5) is 5.69 Å². The van der Waals surface area contributed by atoms with E-state index in [4.69, 9.17) is 0 Å². The topological polar surface area (TPSA) is 3.24 Å². The van der Waals surface area contributed by atoms with Crippen molar-refractivity contribution in [3.63, 3.8) is 0 Å². The lowest BCUT2D eigenvalue weighted by Crippen LogP contribution is -2.35. The van der Waals surface area contributed by atoms with Gasteiger partial charge >= 0.3 is 0 Å². The van der Waals surface area contributed by atoms with Crippen LogP contribution in [0.5, 0.6) is 0 Å². The quantitative estimate of drug-likeness (QED) is 0.585.